The van der Waals surface area contributed by atoms with Gasteiger partial charge in [-0.1, -0.05) is 5.92 Å². The van der Waals surface area contributed by atoms with Crippen LogP contribution >= 0.6 is 0 Å². The lowest BCUT2D eigenvalue weighted by atomic mass is 9.78. The van der Waals surface area contributed by atoms with Crippen LogP contribution in [-0.2, 0) is 9.53 Å². The van der Waals surface area contributed by atoms with Gasteiger partial charge < -0.3 is 9.84 Å². The molecule has 0 amide bonds. The normalized spacial score (nSPS) is 29.5. The number of terminal acetylenes is 1. The molecule has 0 unspecified atom stereocenters. The molecule has 0 atom stereocenters. The lowest BCUT2D eigenvalue weighted by Gasteiger charge is -2.32. The van der Waals surface area contributed by atoms with Gasteiger partial charge in [-0.25, -0.2) is 0 Å². The summed E-state index contributed by atoms with van der Waals surface area (Å²) >= 11 is 0. The van der Waals surface area contributed by atoms with Crippen molar-refractivity contribution in [3.8, 4) is 12.3 Å². The lowest BCUT2D eigenvalue weighted by molar-refractivity contribution is -0.156. The largest absolute Gasteiger partial charge is 0.460 e. The molecule has 0 saturated heterocycles. The standard InChI is InChI=1S/C14H22O3/c1-5-14(16)8-6-11(7-9-14)10-12(15)17-13(2,3)4/h1,11,16H,6-10H2,2-4H3. The fraction of sp³-hybridized carbons (Fsp3) is 0.786. The maximum absolute atomic E-state index is 11.6. The Hall–Kier alpha value is -1.01. The van der Waals surface area contributed by atoms with E-state index in [4.69, 9.17) is 11.2 Å². The number of hydrogen-bond donors (Lipinski definition) is 1. The molecule has 1 rings (SSSR count). The Balaban J connectivity index is 2.37. The van der Waals surface area contributed by atoms with Crippen LogP contribution in [0.3, 0.4) is 0 Å². The average molecular weight is 238 g/mol. The van der Waals surface area contributed by atoms with Crippen LogP contribution in [0.15, 0.2) is 0 Å². The van der Waals surface area contributed by atoms with Crippen LogP contribution < -0.4 is 0 Å². The van der Waals surface area contributed by atoms with Crippen LogP contribution in [0, 0.1) is 18.3 Å². The first-order chi connectivity index (χ1) is 7.74. The maximum atomic E-state index is 11.6. The van der Waals surface area contributed by atoms with Crippen molar-refractivity contribution in [1.82, 2.24) is 0 Å². The highest BCUT2D eigenvalue weighted by molar-refractivity contribution is 5.70. The van der Waals surface area contributed by atoms with Gasteiger partial charge in [0, 0.05) is 6.42 Å². The SMILES string of the molecule is C#CC1(O)CCC(CC(=O)OC(C)(C)C)CC1. The summed E-state index contributed by atoms with van der Waals surface area (Å²) in [6, 6.07) is 0. The van der Waals surface area contributed by atoms with Gasteiger partial charge in [0.05, 0.1) is 0 Å². The molecule has 1 aliphatic rings. The number of carbonyl (C=O) groups is 1. The first kappa shape index (κ1) is 14.1. The zero-order valence-corrected chi connectivity index (χ0v) is 11.0. The van der Waals surface area contributed by atoms with Crippen LogP contribution in [-0.4, -0.2) is 22.3 Å². The number of esters is 1. The minimum absolute atomic E-state index is 0.159. The van der Waals surface area contributed by atoms with Gasteiger partial charge in [0.1, 0.15) is 11.2 Å². The summed E-state index contributed by atoms with van der Waals surface area (Å²) in [5, 5.41) is 9.87. The Bertz CT molecular complexity index is 311. The second kappa shape index (κ2) is 5.10. The highest BCUT2D eigenvalue weighted by Crippen LogP contribution is 2.33. The van der Waals surface area contributed by atoms with Gasteiger partial charge >= 0.3 is 5.97 Å². The fourth-order valence-electron chi connectivity index (χ4n) is 2.12. The Morgan fingerprint density at radius 2 is 2.00 bits per heavy atom. The van der Waals surface area contributed by atoms with Crippen LogP contribution in [0.2, 0.25) is 0 Å². The van der Waals surface area contributed by atoms with Crippen LogP contribution in [0.25, 0.3) is 0 Å². The van der Waals surface area contributed by atoms with Gasteiger partial charge in [-0.05, 0) is 52.4 Å². The Labute approximate surface area is 104 Å². The van der Waals surface area contributed by atoms with Gasteiger partial charge in [0.2, 0.25) is 0 Å². The van der Waals surface area contributed by atoms with Gasteiger partial charge in [-0.15, -0.1) is 6.42 Å². The number of ether oxygens (including phenoxy) is 1. The van der Waals surface area contributed by atoms with Crippen molar-refractivity contribution < 1.29 is 14.6 Å². The van der Waals surface area contributed by atoms with E-state index in [2.05, 4.69) is 5.92 Å². The van der Waals surface area contributed by atoms with E-state index < -0.39 is 11.2 Å². The van der Waals surface area contributed by atoms with E-state index in [1.165, 1.54) is 0 Å². The third-order valence-corrected chi connectivity index (χ3v) is 3.08. The molecule has 3 heteroatoms. The molecule has 17 heavy (non-hydrogen) atoms. The number of hydrogen-bond acceptors (Lipinski definition) is 3. The van der Waals surface area contributed by atoms with Crippen molar-refractivity contribution in [3.05, 3.63) is 0 Å². The lowest BCUT2D eigenvalue weighted by Crippen LogP contribution is -2.33. The quantitative estimate of drug-likeness (QED) is 0.593. The van der Waals surface area contributed by atoms with E-state index in [0.29, 0.717) is 25.2 Å². The van der Waals surface area contributed by atoms with Crippen molar-refractivity contribution in [1.29, 1.82) is 0 Å². The molecule has 1 N–H and O–H groups in total. The van der Waals surface area contributed by atoms with E-state index in [0.717, 1.165) is 12.8 Å². The minimum Gasteiger partial charge on any atom is -0.460 e. The van der Waals surface area contributed by atoms with Crippen molar-refractivity contribution in [2.24, 2.45) is 5.92 Å². The molecule has 3 nitrogen and oxygen atoms in total. The fourth-order valence-corrected chi connectivity index (χ4v) is 2.12. The third-order valence-electron chi connectivity index (χ3n) is 3.08. The molecule has 0 heterocycles. The monoisotopic (exact) mass is 238 g/mol. The Morgan fingerprint density at radius 1 is 1.47 bits per heavy atom. The first-order valence-corrected chi connectivity index (χ1v) is 6.16. The summed E-state index contributed by atoms with van der Waals surface area (Å²) in [6.07, 6.45) is 8.45. The highest BCUT2D eigenvalue weighted by atomic mass is 16.6. The summed E-state index contributed by atoms with van der Waals surface area (Å²) in [5.74, 6) is 2.56. The molecule has 0 aromatic rings. The number of rotatable bonds is 2. The molecule has 0 radical (unpaired) electrons. The van der Waals surface area contributed by atoms with Crippen molar-refractivity contribution in [2.45, 2.75) is 64.1 Å². The van der Waals surface area contributed by atoms with Crippen molar-refractivity contribution in [3.63, 3.8) is 0 Å². The van der Waals surface area contributed by atoms with E-state index in [9.17, 15) is 9.90 Å². The molecule has 0 spiro atoms. The molecule has 0 aliphatic heterocycles. The summed E-state index contributed by atoms with van der Waals surface area (Å²) in [5.41, 5.74) is -1.38. The molecule has 1 aliphatic carbocycles. The van der Waals surface area contributed by atoms with Gasteiger partial charge in [0.25, 0.3) is 0 Å². The summed E-state index contributed by atoms with van der Waals surface area (Å²) in [6.45, 7) is 5.59. The zero-order chi connectivity index (χ0) is 13.1. The summed E-state index contributed by atoms with van der Waals surface area (Å²) in [4.78, 5) is 11.6. The second-order valence-corrected chi connectivity index (χ2v) is 5.91. The molecule has 96 valence electrons. The number of aliphatic hydroxyl groups is 1. The Kier molecular flexibility index (Phi) is 4.21. The third kappa shape index (κ3) is 4.79. The van der Waals surface area contributed by atoms with Gasteiger partial charge in [-0.2, -0.15) is 0 Å². The van der Waals surface area contributed by atoms with Crippen molar-refractivity contribution >= 4 is 5.97 Å². The molecule has 0 aromatic carbocycles. The minimum atomic E-state index is -0.954. The first-order valence-electron chi connectivity index (χ1n) is 6.16. The summed E-state index contributed by atoms with van der Waals surface area (Å²) < 4.78 is 5.28. The van der Waals surface area contributed by atoms with E-state index in [1.807, 2.05) is 20.8 Å². The predicted molar refractivity (Wildman–Crippen MR) is 66.2 cm³/mol. The van der Waals surface area contributed by atoms with Crippen LogP contribution in [0.4, 0.5) is 0 Å². The highest BCUT2D eigenvalue weighted by Gasteiger charge is 2.32. The van der Waals surface area contributed by atoms with E-state index >= 15 is 0 Å². The number of carbonyl (C=O) groups excluding carboxylic acids is 1. The molecular weight excluding hydrogens is 216 g/mol. The predicted octanol–water partition coefficient (Wildman–Crippen LogP) is 2.27. The van der Waals surface area contributed by atoms with Gasteiger partial charge in [-0.3, -0.25) is 4.79 Å². The second-order valence-electron chi connectivity index (χ2n) is 5.91. The molecule has 1 fully saturated rings. The molecule has 0 aromatic heterocycles. The van der Waals surface area contributed by atoms with Crippen LogP contribution in [0.1, 0.15) is 52.9 Å². The molecule has 0 bridgehead atoms. The van der Waals surface area contributed by atoms with Crippen LogP contribution in [0.5, 0.6) is 0 Å². The van der Waals surface area contributed by atoms with Crippen molar-refractivity contribution in [2.75, 3.05) is 0 Å². The van der Waals surface area contributed by atoms with Gasteiger partial charge in [0.15, 0.2) is 0 Å². The smallest absolute Gasteiger partial charge is 0.306 e. The topological polar surface area (TPSA) is 46.5 Å². The maximum Gasteiger partial charge on any atom is 0.306 e. The molecule has 1 saturated carbocycles. The summed E-state index contributed by atoms with van der Waals surface area (Å²) in [7, 11) is 0. The zero-order valence-electron chi connectivity index (χ0n) is 11.0. The molecular formula is C14H22O3. The average Bonchev–Trinajstić information content (AvgIpc) is 2.19. The Morgan fingerprint density at radius 3 is 2.41 bits per heavy atom. The van der Waals surface area contributed by atoms with E-state index in [-0.39, 0.29) is 5.97 Å². The van der Waals surface area contributed by atoms with E-state index in [1.54, 1.807) is 0 Å².